The van der Waals surface area contributed by atoms with Crippen molar-refractivity contribution in [2.45, 2.75) is 19.9 Å². The Balaban J connectivity index is 0.00000264. The van der Waals surface area contributed by atoms with Crippen molar-refractivity contribution in [3.63, 3.8) is 0 Å². The average Bonchev–Trinajstić information content (AvgIpc) is 3.06. The van der Waals surface area contributed by atoms with Crippen LogP contribution >= 0.6 is 12.4 Å². The van der Waals surface area contributed by atoms with E-state index >= 15 is 0 Å². The Labute approximate surface area is 142 Å². The molecule has 1 aromatic rings. The van der Waals surface area contributed by atoms with E-state index in [9.17, 15) is 9.59 Å². The number of amides is 2. The van der Waals surface area contributed by atoms with Gasteiger partial charge in [-0.25, -0.2) is 0 Å². The quantitative estimate of drug-likeness (QED) is 0.687. The van der Waals surface area contributed by atoms with Crippen LogP contribution in [0.4, 0.5) is 0 Å². The molecule has 1 saturated heterocycles. The van der Waals surface area contributed by atoms with Gasteiger partial charge < -0.3 is 20.7 Å². The van der Waals surface area contributed by atoms with Gasteiger partial charge in [-0.1, -0.05) is 12.1 Å². The van der Waals surface area contributed by atoms with Crippen LogP contribution < -0.4 is 20.7 Å². The van der Waals surface area contributed by atoms with Crippen LogP contribution in [0.3, 0.4) is 0 Å². The standard InChI is InChI=1S/C16H23N3O3.ClH/c1-2-18-15(20)11-22-14-5-3-4-12(8-14)9-19-16(21)13-6-7-17-10-13;/h3-5,8,13,17H,2,6-7,9-11H2,1H3,(H,18,20)(H,19,21);1H. The second kappa shape index (κ2) is 10.1. The van der Waals surface area contributed by atoms with Crippen LogP contribution in [0.1, 0.15) is 18.9 Å². The molecule has 0 aromatic heterocycles. The van der Waals surface area contributed by atoms with Crippen LogP contribution in [-0.4, -0.2) is 38.1 Å². The van der Waals surface area contributed by atoms with Crippen LogP contribution in [0.25, 0.3) is 0 Å². The lowest BCUT2D eigenvalue weighted by Gasteiger charge is -2.11. The van der Waals surface area contributed by atoms with Crippen molar-refractivity contribution in [2.24, 2.45) is 5.92 Å². The van der Waals surface area contributed by atoms with Crippen LogP contribution in [0.5, 0.6) is 5.75 Å². The smallest absolute Gasteiger partial charge is 0.257 e. The second-order valence-corrected chi connectivity index (χ2v) is 5.30. The number of carbonyl (C=O) groups excluding carboxylic acids is 2. The third-order valence-electron chi connectivity index (χ3n) is 3.54. The molecule has 2 amide bonds. The highest BCUT2D eigenvalue weighted by molar-refractivity contribution is 5.85. The van der Waals surface area contributed by atoms with Gasteiger partial charge in [0.05, 0.1) is 5.92 Å². The van der Waals surface area contributed by atoms with Crippen LogP contribution in [0.15, 0.2) is 24.3 Å². The summed E-state index contributed by atoms with van der Waals surface area (Å²) in [6.45, 7) is 4.57. The summed E-state index contributed by atoms with van der Waals surface area (Å²) in [7, 11) is 0. The van der Waals surface area contributed by atoms with Gasteiger partial charge in [-0.15, -0.1) is 12.4 Å². The summed E-state index contributed by atoms with van der Waals surface area (Å²) in [5.74, 6) is 0.631. The summed E-state index contributed by atoms with van der Waals surface area (Å²) >= 11 is 0. The van der Waals surface area contributed by atoms with Crippen molar-refractivity contribution >= 4 is 24.2 Å². The zero-order valence-electron chi connectivity index (χ0n) is 13.3. The summed E-state index contributed by atoms with van der Waals surface area (Å²) in [5, 5.41) is 8.79. The Kier molecular flexibility index (Phi) is 8.43. The molecule has 1 atom stereocenters. The van der Waals surface area contributed by atoms with E-state index in [0.717, 1.165) is 25.1 Å². The summed E-state index contributed by atoms with van der Waals surface area (Å²) in [6, 6.07) is 7.41. The fourth-order valence-corrected chi connectivity index (χ4v) is 2.35. The molecule has 1 fully saturated rings. The molecule has 0 radical (unpaired) electrons. The van der Waals surface area contributed by atoms with Crippen LogP contribution in [0.2, 0.25) is 0 Å². The monoisotopic (exact) mass is 341 g/mol. The lowest BCUT2D eigenvalue weighted by atomic mass is 10.1. The molecule has 1 aromatic carbocycles. The Morgan fingerprint density at radius 1 is 1.35 bits per heavy atom. The summed E-state index contributed by atoms with van der Waals surface area (Å²) < 4.78 is 5.43. The molecule has 128 valence electrons. The number of halogens is 1. The number of carbonyl (C=O) groups is 2. The third-order valence-corrected chi connectivity index (χ3v) is 3.54. The van der Waals surface area contributed by atoms with Gasteiger partial charge in [0.15, 0.2) is 6.61 Å². The Morgan fingerprint density at radius 2 is 2.17 bits per heavy atom. The van der Waals surface area contributed by atoms with Gasteiger partial charge in [0, 0.05) is 19.6 Å². The molecule has 23 heavy (non-hydrogen) atoms. The van der Waals surface area contributed by atoms with Gasteiger partial charge in [-0.2, -0.15) is 0 Å². The molecule has 0 spiro atoms. The molecule has 0 aliphatic carbocycles. The van der Waals surface area contributed by atoms with Crippen LogP contribution in [0, 0.1) is 5.92 Å². The molecular formula is C16H24ClN3O3. The van der Waals surface area contributed by atoms with E-state index in [1.807, 2.05) is 25.1 Å². The first-order valence-corrected chi connectivity index (χ1v) is 7.66. The van der Waals surface area contributed by atoms with E-state index in [-0.39, 0.29) is 36.7 Å². The van der Waals surface area contributed by atoms with Crippen molar-refractivity contribution < 1.29 is 14.3 Å². The average molecular weight is 342 g/mol. The SMILES string of the molecule is CCNC(=O)COc1cccc(CNC(=O)C2CCNC2)c1.Cl. The number of likely N-dealkylation sites (N-methyl/N-ethyl adjacent to an activating group) is 1. The maximum absolute atomic E-state index is 12.0. The number of hydrogen-bond acceptors (Lipinski definition) is 4. The molecule has 0 saturated carbocycles. The van der Waals surface area contributed by atoms with E-state index in [0.29, 0.717) is 18.8 Å². The molecule has 1 unspecified atom stereocenters. The van der Waals surface area contributed by atoms with E-state index in [1.165, 1.54) is 0 Å². The number of hydrogen-bond donors (Lipinski definition) is 3. The van der Waals surface area contributed by atoms with Crippen molar-refractivity contribution in [1.29, 1.82) is 0 Å². The van der Waals surface area contributed by atoms with Gasteiger partial charge in [0.25, 0.3) is 5.91 Å². The zero-order chi connectivity index (χ0) is 15.8. The van der Waals surface area contributed by atoms with E-state index in [2.05, 4.69) is 16.0 Å². The molecule has 1 aliphatic rings. The highest BCUT2D eigenvalue weighted by Crippen LogP contribution is 2.14. The van der Waals surface area contributed by atoms with E-state index in [1.54, 1.807) is 6.07 Å². The van der Waals surface area contributed by atoms with Gasteiger partial charge in [-0.05, 0) is 37.6 Å². The number of nitrogens with one attached hydrogen (secondary N) is 3. The second-order valence-electron chi connectivity index (χ2n) is 5.30. The summed E-state index contributed by atoms with van der Waals surface area (Å²) in [6.07, 6.45) is 0.890. The van der Waals surface area contributed by atoms with Crippen LogP contribution in [-0.2, 0) is 16.1 Å². The first kappa shape index (κ1) is 19.3. The topological polar surface area (TPSA) is 79.5 Å². The number of rotatable bonds is 7. The normalized spacial score (nSPS) is 16.3. The van der Waals surface area contributed by atoms with E-state index < -0.39 is 0 Å². The maximum atomic E-state index is 12.0. The Hall–Kier alpha value is -1.79. The molecule has 3 N–H and O–H groups in total. The summed E-state index contributed by atoms with van der Waals surface area (Å²) in [5.41, 5.74) is 0.952. The predicted octanol–water partition coefficient (Wildman–Crippen LogP) is 0.849. The zero-order valence-corrected chi connectivity index (χ0v) is 14.1. The molecule has 1 aliphatic heterocycles. The molecule has 1 heterocycles. The van der Waals surface area contributed by atoms with Crippen molar-refractivity contribution in [1.82, 2.24) is 16.0 Å². The fraction of sp³-hybridized carbons (Fsp3) is 0.500. The fourth-order valence-electron chi connectivity index (χ4n) is 2.35. The largest absolute Gasteiger partial charge is 0.484 e. The van der Waals surface area contributed by atoms with Crippen molar-refractivity contribution in [3.8, 4) is 5.75 Å². The lowest BCUT2D eigenvalue weighted by molar-refractivity contribution is -0.124. The molecule has 2 rings (SSSR count). The van der Waals surface area contributed by atoms with Gasteiger partial charge >= 0.3 is 0 Å². The number of ether oxygens (including phenoxy) is 1. The van der Waals surface area contributed by atoms with Gasteiger partial charge in [0.2, 0.25) is 5.91 Å². The molecule has 7 heteroatoms. The van der Waals surface area contributed by atoms with Gasteiger partial charge in [-0.3, -0.25) is 9.59 Å². The first-order chi connectivity index (χ1) is 10.7. The van der Waals surface area contributed by atoms with Gasteiger partial charge in [0.1, 0.15) is 5.75 Å². The highest BCUT2D eigenvalue weighted by Gasteiger charge is 2.21. The Bertz CT molecular complexity index is 519. The summed E-state index contributed by atoms with van der Waals surface area (Å²) in [4.78, 5) is 23.3. The lowest BCUT2D eigenvalue weighted by Crippen LogP contribution is -2.31. The Morgan fingerprint density at radius 3 is 2.87 bits per heavy atom. The number of benzene rings is 1. The predicted molar refractivity (Wildman–Crippen MR) is 90.7 cm³/mol. The molecule has 0 bridgehead atoms. The first-order valence-electron chi connectivity index (χ1n) is 7.66. The van der Waals surface area contributed by atoms with E-state index in [4.69, 9.17) is 4.74 Å². The van der Waals surface area contributed by atoms with Crippen molar-refractivity contribution in [3.05, 3.63) is 29.8 Å². The molecule has 6 nitrogen and oxygen atoms in total. The van der Waals surface area contributed by atoms with Crippen molar-refractivity contribution in [2.75, 3.05) is 26.2 Å². The maximum Gasteiger partial charge on any atom is 0.257 e. The minimum atomic E-state index is -0.144. The third kappa shape index (κ3) is 6.46. The molecular weight excluding hydrogens is 318 g/mol. The minimum Gasteiger partial charge on any atom is -0.484 e. The minimum absolute atomic E-state index is 0. The highest BCUT2D eigenvalue weighted by atomic mass is 35.5.